The maximum absolute atomic E-state index is 7.17. The summed E-state index contributed by atoms with van der Waals surface area (Å²) in [6.45, 7) is 0. The first kappa shape index (κ1) is 231. The van der Waals surface area contributed by atoms with E-state index in [2.05, 4.69) is 0 Å². The molecular weight excluding hydrogens is 283 g/mol. The summed E-state index contributed by atoms with van der Waals surface area (Å²) in [7, 11) is -2.17. The molecule has 0 atom stereocenters. The minimum absolute atomic E-state index is 0. The molecule has 0 saturated heterocycles. The predicted octanol–water partition coefficient (Wildman–Crippen LogP) is -10.6. The molecule has 13 nitrogen and oxygen atoms in total. The van der Waals surface area contributed by atoms with Gasteiger partial charge in [-0.25, -0.2) is 0 Å². The summed E-state index contributed by atoms with van der Waals surface area (Å²) in [5, 5.41) is 21.5. The second-order valence-electron chi connectivity index (χ2n) is 0.346. The molecule has 0 unspecified atom stereocenters. The molecule has 0 aromatic carbocycles. The fraction of sp³-hybridized carbons (Fsp3) is 0. The molecule has 112 valence electrons. The van der Waals surface area contributed by atoms with Crippen molar-refractivity contribution in [3.05, 3.63) is 0 Å². The van der Waals surface area contributed by atoms with Gasteiger partial charge in [0, 0.05) is 0 Å². The molecule has 0 rings (SSSR count). The molecule has 0 aliphatic rings. The van der Waals surface area contributed by atoms with E-state index >= 15 is 0 Å². The second kappa shape index (κ2) is 192. The molecular formula is H27BCaMgO13. The van der Waals surface area contributed by atoms with Crippen LogP contribution in [-0.4, -0.2) is 138 Å². The molecule has 16 heavy (non-hydrogen) atoms. The molecule has 0 bridgehead atoms. The molecule has 0 aromatic heterocycles. The zero-order valence-corrected chi connectivity index (χ0v) is 12.0. The van der Waals surface area contributed by atoms with Crippen LogP contribution < -0.4 is 0 Å². The Balaban J connectivity index is -0.000000000375. The van der Waals surface area contributed by atoms with E-state index in [0.29, 0.717) is 0 Å². The Hall–Kier alpha value is 1.57. The molecule has 23 N–H and O–H groups in total. The summed E-state index contributed by atoms with van der Waals surface area (Å²) in [4.78, 5) is 0. The fourth-order valence-corrected chi connectivity index (χ4v) is 0. The molecule has 0 aliphatic heterocycles. The largest absolute Gasteiger partial charge is 2.00 e. The van der Waals surface area contributed by atoms with E-state index in [1.807, 2.05) is 0 Å². The van der Waals surface area contributed by atoms with Crippen LogP contribution >= 0.6 is 0 Å². The second-order valence-corrected chi connectivity index (χ2v) is 0.346. The minimum atomic E-state index is -2.17. The summed E-state index contributed by atoms with van der Waals surface area (Å²) in [5.74, 6) is 0. The maximum Gasteiger partial charge on any atom is 2.00 e. The third kappa shape index (κ3) is 1340. The van der Waals surface area contributed by atoms with Crippen LogP contribution in [0.15, 0.2) is 0 Å². The smallest absolute Gasteiger partial charge is 1.00 e. The standard InChI is InChI=1S/BH3O3.Ca.Mg.10H2O.4H/c2-1(3)4;;;;;;;;;;;;;;;;/h2-4H;;;10*1H2;;;;/q;2*+2;;;;;;;;;;;4*-1. The van der Waals surface area contributed by atoms with Crippen molar-refractivity contribution >= 4 is 68.1 Å². The Morgan fingerprint density at radius 1 is 0.500 bits per heavy atom. The Labute approximate surface area is 143 Å². The summed E-state index contributed by atoms with van der Waals surface area (Å²) >= 11 is 0. The van der Waals surface area contributed by atoms with Crippen LogP contribution in [0.1, 0.15) is 5.71 Å². The molecule has 0 saturated carbocycles. The molecule has 0 aliphatic carbocycles. The van der Waals surface area contributed by atoms with Gasteiger partial charge in [0.05, 0.1) is 0 Å². The average molecular weight is 310 g/mol. The van der Waals surface area contributed by atoms with Crippen LogP contribution in [0.3, 0.4) is 0 Å². The SMILES string of the molecule is O.O.O.O.O.O.O.O.O.O.OB(O)O.[Ca+2].[H-].[H-].[H-].[H-].[Mg+2]. The summed E-state index contributed by atoms with van der Waals surface area (Å²) in [6.07, 6.45) is 0. The van der Waals surface area contributed by atoms with Crippen molar-refractivity contribution in [3.8, 4) is 0 Å². The predicted molar refractivity (Wildman–Crippen MR) is 64.5 cm³/mol. The quantitative estimate of drug-likeness (QED) is 0.366. The van der Waals surface area contributed by atoms with Crippen molar-refractivity contribution < 1.29 is 75.5 Å². The van der Waals surface area contributed by atoms with Gasteiger partial charge in [-0.15, -0.1) is 0 Å². The van der Waals surface area contributed by atoms with Crippen LogP contribution in [0.5, 0.6) is 0 Å². The Morgan fingerprint density at radius 3 is 0.500 bits per heavy atom. The topological polar surface area (TPSA) is 376 Å². The molecule has 16 heteroatoms. The summed E-state index contributed by atoms with van der Waals surface area (Å²) < 4.78 is 0. The zero-order chi connectivity index (χ0) is 3.58. The van der Waals surface area contributed by atoms with E-state index in [4.69, 9.17) is 15.1 Å². The van der Waals surface area contributed by atoms with E-state index < -0.39 is 7.32 Å². The van der Waals surface area contributed by atoms with Gasteiger partial charge in [0.25, 0.3) is 0 Å². The van der Waals surface area contributed by atoms with Gasteiger partial charge in [-0.1, -0.05) is 0 Å². The van der Waals surface area contributed by atoms with Crippen LogP contribution in [-0.2, 0) is 0 Å². The molecule has 0 spiro atoms. The number of rotatable bonds is 0. The first-order chi connectivity index (χ1) is 1.73. The molecule has 0 radical (unpaired) electrons. The monoisotopic (exact) mass is 310 g/mol. The van der Waals surface area contributed by atoms with E-state index in [1.54, 1.807) is 0 Å². The van der Waals surface area contributed by atoms with Gasteiger partial charge in [0.2, 0.25) is 0 Å². The molecule has 0 aromatic rings. The average Bonchev–Trinajstić information content (AvgIpc) is 0.811. The first-order valence-electron chi connectivity index (χ1n) is 0.775. The van der Waals surface area contributed by atoms with Crippen molar-refractivity contribution in [2.75, 3.05) is 0 Å². The normalized spacial score (nSPS) is 1.69. The van der Waals surface area contributed by atoms with E-state index in [9.17, 15) is 0 Å². The van der Waals surface area contributed by atoms with Crippen LogP contribution in [0.2, 0.25) is 0 Å². The first-order valence-corrected chi connectivity index (χ1v) is 0.775. The van der Waals surface area contributed by atoms with Gasteiger partial charge >= 0.3 is 68.1 Å². The van der Waals surface area contributed by atoms with Crippen molar-refractivity contribution in [1.82, 2.24) is 0 Å². The van der Waals surface area contributed by atoms with Crippen molar-refractivity contribution in [2.24, 2.45) is 0 Å². The van der Waals surface area contributed by atoms with Crippen molar-refractivity contribution in [2.45, 2.75) is 0 Å². The number of hydrogen-bond donors (Lipinski definition) is 3. The van der Waals surface area contributed by atoms with E-state index in [0.717, 1.165) is 0 Å². The van der Waals surface area contributed by atoms with Crippen molar-refractivity contribution in [3.63, 3.8) is 0 Å². The number of hydrogen-bond acceptors (Lipinski definition) is 3. The zero-order valence-electron chi connectivity index (χ0n) is 12.3. The van der Waals surface area contributed by atoms with Gasteiger partial charge in [-0.3, -0.25) is 0 Å². The van der Waals surface area contributed by atoms with Gasteiger partial charge in [-0.2, -0.15) is 0 Å². The third-order valence-corrected chi connectivity index (χ3v) is 0. The maximum atomic E-state index is 7.17. The molecule has 0 amide bonds. The minimum Gasteiger partial charge on any atom is -1.00 e. The van der Waals surface area contributed by atoms with Crippen LogP contribution in [0, 0.1) is 0 Å². The van der Waals surface area contributed by atoms with Gasteiger partial charge in [-0.05, 0) is 0 Å². The van der Waals surface area contributed by atoms with Gasteiger partial charge in [0.15, 0.2) is 0 Å². The Morgan fingerprint density at radius 2 is 0.500 bits per heavy atom. The van der Waals surface area contributed by atoms with Gasteiger partial charge in [0.1, 0.15) is 0 Å². The van der Waals surface area contributed by atoms with E-state index in [1.165, 1.54) is 0 Å². The van der Waals surface area contributed by atoms with Crippen LogP contribution in [0.25, 0.3) is 0 Å². The summed E-state index contributed by atoms with van der Waals surface area (Å²) in [6, 6.07) is 0. The Bertz CT molecular complexity index is 35.1. The van der Waals surface area contributed by atoms with Crippen LogP contribution in [0.4, 0.5) is 0 Å². The molecule has 0 fully saturated rings. The van der Waals surface area contributed by atoms with E-state index in [-0.39, 0.29) is 121 Å². The van der Waals surface area contributed by atoms with Gasteiger partial charge < -0.3 is 75.5 Å². The molecule has 0 heterocycles. The fourth-order valence-electron chi connectivity index (χ4n) is 0. The Kier molecular flexibility index (Phi) is 2780. The van der Waals surface area contributed by atoms with Crippen molar-refractivity contribution in [1.29, 1.82) is 0 Å². The third-order valence-electron chi connectivity index (χ3n) is 0. The summed E-state index contributed by atoms with van der Waals surface area (Å²) in [5.41, 5.74) is 0.